The van der Waals surface area contributed by atoms with Crippen LogP contribution in [0.25, 0.3) is 0 Å². The first-order valence-corrected chi connectivity index (χ1v) is 6.51. The van der Waals surface area contributed by atoms with Gasteiger partial charge in [0.1, 0.15) is 5.69 Å². The number of nitrogens with zero attached hydrogens (tertiary/aromatic N) is 2. The molecule has 104 valence electrons. The number of hydrogen-bond donors (Lipinski definition) is 2. The van der Waals surface area contributed by atoms with Crippen LogP contribution in [0.2, 0.25) is 0 Å². The maximum absolute atomic E-state index is 10.7. The summed E-state index contributed by atoms with van der Waals surface area (Å²) in [6.45, 7) is 2.01. The van der Waals surface area contributed by atoms with Crippen molar-refractivity contribution in [3.63, 3.8) is 0 Å². The van der Waals surface area contributed by atoms with E-state index in [0.717, 1.165) is 38.0 Å². The van der Waals surface area contributed by atoms with Gasteiger partial charge in [-0.2, -0.15) is 0 Å². The highest BCUT2D eigenvalue weighted by Crippen LogP contribution is 2.30. The molecule has 6 nitrogen and oxygen atoms in total. The van der Waals surface area contributed by atoms with Gasteiger partial charge in [-0.05, 0) is 37.3 Å². The first-order valence-electron chi connectivity index (χ1n) is 6.51. The molecule has 1 aromatic rings. The van der Waals surface area contributed by atoms with Gasteiger partial charge in [-0.25, -0.2) is 0 Å². The molecule has 0 aliphatic carbocycles. The number of nitro benzene ring substituents is 1. The van der Waals surface area contributed by atoms with Crippen LogP contribution >= 0.6 is 0 Å². The van der Waals surface area contributed by atoms with Crippen LogP contribution in [0.3, 0.4) is 0 Å². The van der Waals surface area contributed by atoms with Crippen molar-refractivity contribution in [2.45, 2.75) is 19.3 Å². The van der Waals surface area contributed by atoms with E-state index in [-0.39, 0.29) is 18.0 Å². The number of nitrogens with two attached hydrogens (primary N) is 1. The smallest absolute Gasteiger partial charge is 0.292 e. The lowest BCUT2D eigenvalue weighted by Crippen LogP contribution is -2.35. The third-order valence-corrected chi connectivity index (χ3v) is 3.63. The molecule has 2 rings (SSSR count). The average Bonchev–Trinajstić information content (AvgIpc) is 2.39. The Balaban J connectivity index is 2.13. The Kier molecular flexibility index (Phi) is 4.21. The van der Waals surface area contributed by atoms with E-state index in [4.69, 9.17) is 10.8 Å². The highest BCUT2D eigenvalue weighted by atomic mass is 16.6. The zero-order valence-corrected chi connectivity index (χ0v) is 10.8. The molecule has 19 heavy (non-hydrogen) atoms. The third kappa shape index (κ3) is 3.14. The topological polar surface area (TPSA) is 92.6 Å². The minimum absolute atomic E-state index is 0.0485. The summed E-state index contributed by atoms with van der Waals surface area (Å²) in [6.07, 6.45) is 3.00. The summed E-state index contributed by atoms with van der Waals surface area (Å²) in [5.41, 5.74) is 6.79. The second-order valence-corrected chi connectivity index (χ2v) is 4.97. The molecule has 0 radical (unpaired) electrons. The van der Waals surface area contributed by atoms with Crippen molar-refractivity contribution in [2.75, 3.05) is 30.3 Å². The maximum Gasteiger partial charge on any atom is 0.292 e. The molecular formula is C13H19N3O3. The monoisotopic (exact) mass is 265 g/mol. The first kappa shape index (κ1) is 13.6. The fraction of sp³-hybridized carbons (Fsp3) is 0.538. The molecule has 1 aliphatic heterocycles. The van der Waals surface area contributed by atoms with Crippen molar-refractivity contribution in [3.8, 4) is 0 Å². The Morgan fingerprint density at radius 2 is 2.32 bits per heavy atom. The Labute approximate surface area is 112 Å². The molecule has 0 aromatic heterocycles. The van der Waals surface area contributed by atoms with Crippen LogP contribution < -0.4 is 10.6 Å². The molecule has 1 aliphatic rings. The van der Waals surface area contributed by atoms with Crippen LogP contribution in [-0.4, -0.2) is 29.7 Å². The summed E-state index contributed by atoms with van der Waals surface area (Å²) >= 11 is 0. The van der Waals surface area contributed by atoms with E-state index in [1.165, 1.54) is 6.07 Å². The molecule has 6 heteroatoms. The summed E-state index contributed by atoms with van der Waals surface area (Å²) in [5.74, 6) is 0.482. The molecule has 1 fully saturated rings. The van der Waals surface area contributed by atoms with Crippen molar-refractivity contribution in [1.29, 1.82) is 0 Å². The number of piperidine rings is 1. The van der Waals surface area contributed by atoms with Crippen molar-refractivity contribution < 1.29 is 10.0 Å². The molecule has 1 unspecified atom stereocenters. The number of nitro groups is 1. The predicted octanol–water partition coefficient (Wildman–Crippen LogP) is 1.78. The molecule has 3 N–H and O–H groups in total. The molecule has 1 saturated heterocycles. The minimum atomic E-state index is -0.468. The standard InChI is InChI=1S/C13H19N3O3/c14-12-8-11(3-4-13(12)16(18)19)15-6-1-2-10(9-15)5-7-17/h3-4,8,10,17H,1-2,5-7,9,14H2. The molecule has 0 saturated carbocycles. The number of rotatable bonds is 4. The van der Waals surface area contributed by atoms with Crippen LogP contribution in [0, 0.1) is 16.0 Å². The van der Waals surface area contributed by atoms with Gasteiger partial charge in [0, 0.05) is 31.5 Å². The van der Waals surface area contributed by atoms with E-state index in [0.29, 0.717) is 5.92 Å². The van der Waals surface area contributed by atoms with E-state index in [1.54, 1.807) is 12.1 Å². The number of hydrogen-bond acceptors (Lipinski definition) is 5. The lowest BCUT2D eigenvalue weighted by atomic mass is 9.95. The highest BCUT2D eigenvalue weighted by molar-refractivity contribution is 5.66. The summed E-state index contributed by atoms with van der Waals surface area (Å²) in [7, 11) is 0. The van der Waals surface area contributed by atoms with E-state index < -0.39 is 4.92 Å². The fourth-order valence-electron chi connectivity index (χ4n) is 2.62. The molecule has 1 aromatic carbocycles. The van der Waals surface area contributed by atoms with Gasteiger partial charge in [0.25, 0.3) is 5.69 Å². The Bertz CT molecular complexity index is 462. The lowest BCUT2D eigenvalue weighted by molar-refractivity contribution is -0.383. The zero-order valence-electron chi connectivity index (χ0n) is 10.8. The van der Waals surface area contributed by atoms with Crippen LogP contribution in [-0.2, 0) is 0 Å². The Morgan fingerprint density at radius 3 is 2.95 bits per heavy atom. The Hall–Kier alpha value is -1.82. The molecule has 0 spiro atoms. The summed E-state index contributed by atoms with van der Waals surface area (Å²) in [4.78, 5) is 12.4. The van der Waals surface area contributed by atoms with Gasteiger partial charge in [0.2, 0.25) is 0 Å². The number of benzene rings is 1. The average molecular weight is 265 g/mol. The van der Waals surface area contributed by atoms with Crippen molar-refractivity contribution in [2.24, 2.45) is 5.92 Å². The van der Waals surface area contributed by atoms with Crippen LogP contribution in [0.4, 0.5) is 17.1 Å². The second kappa shape index (κ2) is 5.88. The van der Waals surface area contributed by atoms with E-state index in [1.807, 2.05) is 0 Å². The van der Waals surface area contributed by atoms with Crippen molar-refractivity contribution in [1.82, 2.24) is 0 Å². The molecular weight excluding hydrogens is 246 g/mol. The van der Waals surface area contributed by atoms with Gasteiger partial charge >= 0.3 is 0 Å². The van der Waals surface area contributed by atoms with Gasteiger partial charge in [-0.15, -0.1) is 0 Å². The quantitative estimate of drug-likeness (QED) is 0.491. The summed E-state index contributed by atoms with van der Waals surface area (Å²) in [5, 5.41) is 19.7. The molecule has 1 heterocycles. The first-order chi connectivity index (χ1) is 9.11. The number of anilines is 2. The molecule has 0 bridgehead atoms. The minimum Gasteiger partial charge on any atom is -0.396 e. The third-order valence-electron chi connectivity index (χ3n) is 3.63. The lowest BCUT2D eigenvalue weighted by Gasteiger charge is -2.34. The predicted molar refractivity (Wildman–Crippen MR) is 74.1 cm³/mol. The van der Waals surface area contributed by atoms with E-state index >= 15 is 0 Å². The summed E-state index contributed by atoms with van der Waals surface area (Å²) < 4.78 is 0. The van der Waals surface area contributed by atoms with Gasteiger partial charge < -0.3 is 15.7 Å². The maximum atomic E-state index is 10.7. The molecule has 0 amide bonds. The largest absolute Gasteiger partial charge is 0.396 e. The van der Waals surface area contributed by atoms with Gasteiger partial charge in [0.15, 0.2) is 0 Å². The fourth-order valence-corrected chi connectivity index (χ4v) is 2.62. The zero-order chi connectivity index (χ0) is 13.8. The van der Waals surface area contributed by atoms with Crippen molar-refractivity contribution >= 4 is 17.1 Å². The van der Waals surface area contributed by atoms with Crippen LogP contribution in [0.1, 0.15) is 19.3 Å². The van der Waals surface area contributed by atoms with E-state index in [2.05, 4.69) is 4.90 Å². The second-order valence-electron chi connectivity index (χ2n) is 4.97. The van der Waals surface area contributed by atoms with Crippen molar-refractivity contribution in [3.05, 3.63) is 28.3 Å². The van der Waals surface area contributed by atoms with Crippen LogP contribution in [0.15, 0.2) is 18.2 Å². The summed E-state index contributed by atoms with van der Waals surface area (Å²) in [6, 6.07) is 4.87. The van der Waals surface area contributed by atoms with E-state index in [9.17, 15) is 10.1 Å². The number of aliphatic hydroxyl groups excluding tert-OH is 1. The Morgan fingerprint density at radius 1 is 1.53 bits per heavy atom. The molecule has 1 atom stereocenters. The highest BCUT2D eigenvalue weighted by Gasteiger charge is 2.21. The van der Waals surface area contributed by atoms with Crippen LogP contribution in [0.5, 0.6) is 0 Å². The van der Waals surface area contributed by atoms with Gasteiger partial charge in [-0.1, -0.05) is 0 Å². The SMILES string of the molecule is Nc1cc(N2CCCC(CCO)C2)ccc1[N+](=O)[O-]. The van der Waals surface area contributed by atoms with Gasteiger partial charge in [-0.3, -0.25) is 10.1 Å². The number of nitrogen functional groups attached to an aromatic ring is 1. The normalized spacial score (nSPS) is 19.4. The van der Waals surface area contributed by atoms with Gasteiger partial charge in [0.05, 0.1) is 4.92 Å². The number of aliphatic hydroxyl groups is 1.